The van der Waals surface area contributed by atoms with Crippen LogP contribution in [0.2, 0.25) is 0 Å². The lowest BCUT2D eigenvalue weighted by atomic mass is 9.86. The molecule has 1 aromatic rings. The molecule has 0 saturated heterocycles. The van der Waals surface area contributed by atoms with Gasteiger partial charge >= 0.3 is 11.9 Å². The molecule has 1 fully saturated rings. The molecule has 0 spiro atoms. The number of rotatable bonds is 3. The van der Waals surface area contributed by atoms with Crippen LogP contribution in [-0.4, -0.2) is 22.2 Å². The summed E-state index contributed by atoms with van der Waals surface area (Å²) in [6.45, 7) is 5.07. The second-order valence-corrected chi connectivity index (χ2v) is 6.18. The summed E-state index contributed by atoms with van der Waals surface area (Å²) in [5, 5.41) is 19.0. The second-order valence-electron chi connectivity index (χ2n) is 5.33. The summed E-state index contributed by atoms with van der Waals surface area (Å²) in [6.07, 6.45) is 0. The fourth-order valence-electron chi connectivity index (χ4n) is 3.17. The molecular formula is C14H15BrO4. The molecule has 1 saturated carbocycles. The molecule has 0 aromatic heterocycles. The number of aliphatic carboxylic acids is 2. The van der Waals surface area contributed by atoms with Gasteiger partial charge < -0.3 is 10.2 Å². The molecule has 3 unspecified atom stereocenters. The van der Waals surface area contributed by atoms with Crippen molar-refractivity contribution in [2.45, 2.75) is 26.2 Å². The minimum atomic E-state index is -1.37. The molecule has 0 radical (unpaired) electrons. The third-order valence-electron chi connectivity index (χ3n) is 4.58. The molecule has 1 aromatic carbocycles. The molecule has 19 heavy (non-hydrogen) atoms. The molecule has 0 bridgehead atoms. The average molecular weight is 327 g/mol. The van der Waals surface area contributed by atoms with Gasteiger partial charge in [0.2, 0.25) is 0 Å². The number of aryl methyl sites for hydroxylation is 1. The monoisotopic (exact) mass is 326 g/mol. The zero-order valence-electron chi connectivity index (χ0n) is 10.9. The summed E-state index contributed by atoms with van der Waals surface area (Å²) in [4.78, 5) is 23.3. The maximum absolute atomic E-state index is 11.8. The second kappa shape index (κ2) is 4.07. The predicted octanol–water partition coefficient (Wildman–Crippen LogP) is 2.82. The van der Waals surface area contributed by atoms with Crippen LogP contribution in [0.4, 0.5) is 0 Å². The van der Waals surface area contributed by atoms with E-state index in [9.17, 15) is 19.8 Å². The fraction of sp³-hybridized carbons (Fsp3) is 0.429. The number of carboxylic acid groups (broad SMARTS) is 2. The van der Waals surface area contributed by atoms with Gasteiger partial charge in [0.05, 0.1) is 5.41 Å². The lowest BCUT2D eigenvalue weighted by Crippen LogP contribution is -2.31. The SMILES string of the molecule is Cc1ccc(C2(C(=O)O)C(C)C2(C)C(=O)O)c(Br)c1. The largest absolute Gasteiger partial charge is 0.481 e. The normalized spacial score (nSPS) is 32.9. The van der Waals surface area contributed by atoms with Crippen LogP contribution in [0.25, 0.3) is 0 Å². The summed E-state index contributed by atoms with van der Waals surface area (Å²) in [5.74, 6) is -2.63. The van der Waals surface area contributed by atoms with E-state index in [4.69, 9.17) is 0 Å². The molecule has 0 amide bonds. The molecule has 2 rings (SSSR count). The lowest BCUT2D eigenvalue weighted by molar-refractivity contribution is -0.149. The van der Waals surface area contributed by atoms with Gasteiger partial charge in [0.25, 0.3) is 0 Å². The fourth-order valence-corrected chi connectivity index (χ4v) is 3.98. The van der Waals surface area contributed by atoms with Crippen LogP contribution in [0.1, 0.15) is 25.0 Å². The Bertz CT molecular complexity index is 583. The molecule has 1 aliphatic rings. The quantitative estimate of drug-likeness (QED) is 0.895. The van der Waals surface area contributed by atoms with E-state index >= 15 is 0 Å². The molecular weight excluding hydrogens is 312 g/mol. The first kappa shape index (κ1) is 14.1. The van der Waals surface area contributed by atoms with Crippen LogP contribution in [0, 0.1) is 18.3 Å². The molecule has 1 aliphatic carbocycles. The average Bonchev–Trinajstić information content (AvgIpc) is 2.80. The zero-order chi connectivity index (χ0) is 14.6. The Morgan fingerprint density at radius 1 is 1.26 bits per heavy atom. The molecule has 4 nitrogen and oxygen atoms in total. The van der Waals surface area contributed by atoms with Crippen LogP contribution in [0.15, 0.2) is 22.7 Å². The highest BCUT2D eigenvalue weighted by Gasteiger charge is 2.81. The van der Waals surface area contributed by atoms with Crippen molar-refractivity contribution < 1.29 is 19.8 Å². The van der Waals surface area contributed by atoms with Crippen molar-refractivity contribution >= 4 is 27.9 Å². The summed E-state index contributed by atoms with van der Waals surface area (Å²) >= 11 is 3.36. The minimum absolute atomic E-state index is 0.464. The first-order chi connectivity index (χ1) is 8.70. The van der Waals surface area contributed by atoms with Gasteiger partial charge in [0.1, 0.15) is 5.41 Å². The summed E-state index contributed by atoms with van der Waals surface area (Å²) in [7, 11) is 0. The Kier molecular flexibility index (Phi) is 3.01. The number of halogens is 1. The highest BCUT2D eigenvalue weighted by Crippen LogP contribution is 2.70. The smallest absolute Gasteiger partial charge is 0.315 e. The van der Waals surface area contributed by atoms with Crippen molar-refractivity contribution in [3.63, 3.8) is 0 Å². The van der Waals surface area contributed by atoms with Crippen LogP contribution >= 0.6 is 15.9 Å². The lowest BCUT2D eigenvalue weighted by Gasteiger charge is -2.18. The van der Waals surface area contributed by atoms with Gasteiger partial charge in [-0.2, -0.15) is 0 Å². The van der Waals surface area contributed by atoms with E-state index in [0.29, 0.717) is 10.0 Å². The number of benzene rings is 1. The first-order valence-corrected chi connectivity index (χ1v) is 6.73. The van der Waals surface area contributed by atoms with Crippen molar-refractivity contribution in [3.05, 3.63) is 33.8 Å². The van der Waals surface area contributed by atoms with Crippen LogP contribution in [0.3, 0.4) is 0 Å². The maximum Gasteiger partial charge on any atom is 0.315 e. The van der Waals surface area contributed by atoms with Gasteiger partial charge in [0, 0.05) is 4.47 Å². The third-order valence-corrected chi connectivity index (χ3v) is 5.24. The maximum atomic E-state index is 11.8. The highest BCUT2D eigenvalue weighted by atomic mass is 79.9. The topological polar surface area (TPSA) is 74.6 Å². The number of carbonyl (C=O) groups is 2. The Morgan fingerprint density at radius 3 is 2.21 bits per heavy atom. The minimum Gasteiger partial charge on any atom is -0.481 e. The predicted molar refractivity (Wildman–Crippen MR) is 73.1 cm³/mol. The van der Waals surface area contributed by atoms with Crippen molar-refractivity contribution in [1.82, 2.24) is 0 Å². The summed E-state index contributed by atoms with van der Waals surface area (Å²) in [6, 6.07) is 5.32. The Balaban J connectivity index is 2.68. The zero-order valence-corrected chi connectivity index (χ0v) is 12.5. The third kappa shape index (κ3) is 1.51. The van der Waals surface area contributed by atoms with Crippen molar-refractivity contribution in [2.75, 3.05) is 0 Å². The van der Waals surface area contributed by atoms with Gasteiger partial charge in [-0.15, -0.1) is 0 Å². The van der Waals surface area contributed by atoms with Crippen molar-refractivity contribution in [1.29, 1.82) is 0 Å². The Hall–Kier alpha value is -1.36. The van der Waals surface area contributed by atoms with E-state index in [2.05, 4.69) is 15.9 Å². The van der Waals surface area contributed by atoms with Crippen LogP contribution in [0.5, 0.6) is 0 Å². The molecule has 5 heteroatoms. The number of hydrogen-bond acceptors (Lipinski definition) is 2. The highest BCUT2D eigenvalue weighted by molar-refractivity contribution is 9.10. The summed E-state index contributed by atoms with van der Waals surface area (Å²) in [5.41, 5.74) is -1.13. The van der Waals surface area contributed by atoms with Gasteiger partial charge in [-0.3, -0.25) is 9.59 Å². The van der Waals surface area contributed by atoms with E-state index < -0.39 is 28.7 Å². The van der Waals surface area contributed by atoms with Crippen molar-refractivity contribution in [2.24, 2.45) is 11.3 Å². The summed E-state index contributed by atoms with van der Waals surface area (Å²) < 4.78 is 0.645. The number of carboxylic acids is 2. The van der Waals surface area contributed by atoms with E-state index in [1.54, 1.807) is 19.1 Å². The van der Waals surface area contributed by atoms with Gasteiger partial charge in [-0.05, 0) is 37.0 Å². The van der Waals surface area contributed by atoms with E-state index in [-0.39, 0.29) is 0 Å². The number of hydrogen-bond donors (Lipinski definition) is 2. The van der Waals surface area contributed by atoms with Gasteiger partial charge in [-0.25, -0.2) is 0 Å². The van der Waals surface area contributed by atoms with Crippen LogP contribution < -0.4 is 0 Å². The molecule has 0 heterocycles. The molecule has 0 aliphatic heterocycles. The Morgan fingerprint density at radius 2 is 1.84 bits per heavy atom. The molecule has 3 atom stereocenters. The Labute approximate surface area is 119 Å². The van der Waals surface area contributed by atoms with E-state index in [0.717, 1.165) is 5.56 Å². The molecule has 102 valence electrons. The van der Waals surface area contributed by atoms with Gasteiger partial charge in [-0.1, -0.05) is 35.0 Å². The van der Waals surface area contributed by atoms with E-state index in [1.807, 2.05) is 13.0 Å². The molecule has 2 N–H and O–H groups in total. The van der Waals surface area contributed by atoms with Crippen molar-refractivity contribution in [3.8, 4) is 0 Å². The first-order valence-electron chi connectivity index (χ1n) is 5.94. The standard InChI is InChI=1S/C14H15BrO4/c1-7-4-5-9(10(15)6-7)14(12(18)19)8(2)13(14,3)11(16)17/h4-6,8H,1-3H3,(H,16,17)(H,18,19). The van der Waals surface area contributed by atoms with Gasteiger partial charge in [0.15, 0.2) is 0 Å². The van der Waals surface area contributed by atoms with Crippen LogP contribution in [-0.2, 0) is 15.0 Å². The van der Waals surface area contributed by atoms with E-state index in [1.165, 1.54) is 6.92 Å².